The van der Waals surface area contributed by atoms with Gasteiger partial charge < -0.3 is 10.6 Å². The zero-order chi connectivity index (χ0) is 9.97. The van der Waals surface area contributed by atoms with Crippen molar-refractivity contribution < 1.29 is 0 Å². The average molecular weight is 191 g/mol. The first kappa shape index (κ1) is 9.46. The van der Waals surface area contributed by atoms with E-state index in [1.165, 1.54) is 12.1 Å². The Hall–Kier alpha value is -1.09. The van der Waals surface area contributed by atoms with E-state index >= 15 is 0 Å². The van der Waals surface area contributed by atoms with Crippen molar-refractivity contribution in [3.63, 3.8) is 0 Å². The van der Waals surface area contributed by atoms with Gasteiger partial charge in [0.1, 0.15) is 0 Å². The minimum Gasteiger partial charge on any atom is -0.368 e. The second-order valence-corrected chi connectivity index (χ2v) is 4.04. The molecule has 14 heavy (non-hydrogen) atoms. The van der Waals surface area contributed by atoms with Crippen LogP contribution in [0.4, 0.5) is 5.69 Å². The maximum atomic E-state index is 5.70. The number of rotatable bonds is 2. The normalized spacial score (nSPS) is 26.9. The van der Waals surface area contributed by atoms with Gasteiger partial charge in [0.2, 0.25) is 0 Å². The van der Waals surface area contributed by atoms with Crippen LogP contribution in [-0.2, 0) is 0 Å². The molecule has 0 aromatic carbocycles. The lowest BCUT2D eigenvalue weighted by molar-refractivity contribution is 0.579. The Morgan fingerprint density at radius 1 is 1.50 bits per heavy atom. The highest BCUT2D eigenvalue weighted by Gasteiger charge is 2.27. The highest BCUT2D eigenvalue weighted by Crippen LogP contribution is 2.27. The van der Waals surface area contributed by atoms with Crippen molar-refractivity contribution in [2.75, 3.05) is 18.0 Å². The quantitative estimate of drug-likeness (QED) is 0.765. The number of hydrogen-bond acceptors (Lipinski definition) is 3. The molecule has 0 radical (unpaired) electrons. The average Bonchev–Trinajstić information content (AvgIpc) is 2.61. The Labute approximate surface area is 84.9 Å². The van der Waals surface area contributed by atoms with Crippen LogP contribution in [0.25, 0.3) is 0 Å². The van der Waals surface area contributed by atoms with E-state index in [-0.39, 0.29) is 0 Å². The summed E-state index contributed by atoms with van der Waals surface area (Å²) >= 11 is 0. The molecule has 0 bridgehead atoms. The van der Waals surface area contributed by atoms with Crippen LogP contribution in [0.3, 0.4) is 0 Å². The molecule has 1 aromatic heterocycles. The van der Waals surface area contributed by atoms with Crippen molar-refractivity contribution in [3.8, 4) is 0 Å². The number of anilines is 1. The molecule has 2 unspecified atom stereocenters. The highest BCUT2D eigenvalue weighted by molar-refractivity contribution is 5.46. The van der Waals surface area contributed by atoms with Gasteiger partial charge >= 0.3 is 0 Å². The minimum atomic E-state index is 0.603. The molecular weight excluding hydrogens is 174 g/mol. The molecule has 1 aliphatic rings. The number of nitrogens with zero attached hydrogens (tertiary/aromatic N) is 2. The Kier molecular flexibility index (Phi) is 2.68. The van der Waals surface area contributed by atoms with Crippen molar-refractivity contribution in [2.45, 2.75) is 19.4 Å². The van der Waals surface area contributed by atoms with E-state index < -0.39 is 0 Å². The van der Waals surface area contributed by atoms with Gasteiger partial charge in [0.15, 0.2) is 0 Å². The van der Waals surface area contributed by atoms with Crippen molar-refractivity contribution in [2.24, 2.45) is 11.7 Å². The van der Waals surface area contributed by atoms with Gasteiger partial charge in [-0.15, -0.1) is 0 Å². The van der Waals surface area contributed by atoms with Crippen LogP contribution in [-0.4, -0.2) is 24.1 Å². The van der Waals surface area contributed by atoms with Crippen LogP contribution in [0.5, 0.6) is 0 Å². The summed E-state index contributed by atoms with van der Waals surface area (Å²) in [5, 5.41) is 0. The molecule has 1 aromatic rings. The summed E-state index contributed by atoms with van der Waals surface area (Å²) in [4.78, 5) is 6.45. The molecule has 0 spiro atoms. The van der Waals surface area contributed by atoms with Crippen LogP contribution < -0.4 is 10.6 Å². The van der Waals surface area contributed by atoms with Crippen LogP contribution in [0.2, 0.25) is 0 Å². The fourth-order valence-corrected chi connectivity index (χ4v) is 2.21. The second-order valence-electron chi connectivity index (χ2n) is 4.04. The second kappa shape index (κ2) is 3.96. The van der Waals surface area contributed by atoms with Gasteiger partial charge in [-0.3, -0.25) is 4.98 Å². The molecular formula is C11H17N3. The number of aromatic nitrogens is 1. The fourth-order valence-electron chi connectivity index (χ4n) is 2.21. The molecule has 3 heteroatoms. The number of pyridine rings is 1. The topological polar surface area (TPSA) is 42.1 Å². The molecule has 2 atom stereocenters. The lowest BCUT2D eigenvalue weighted by Crippen LogP contribution is -2.27. The predicted molar refractivity (Wildman–Crippen MR) is 58.2 cm³/mol. The zero-order valence-corrected chi connectivity index (χ0v) is 8.56. The summed E-state index contributed by atoms with van der Waals surface area (Å²) in [5.74, 6) is 0.651. The number of hydrogen-bond donors (Lipinski definition) is 1. The Bertz CT molecular complexity index is 286. The van der Waals surface area contributed by atoms with Crippen LogP contribution in [0, 0.1) is 5.92 Å². The third kappa shape index (κ3) is 1.73. The third-order valence-electron chi connectivity index (χ3n) is 2.99. The first-order chi connectivity index (χ1) is 6.81. The Balaban J connectivity index is 2.13. The van der Waals surface area contributed by atoms with Crippen LogP contribution in [0.1, 0.15) is 13.3 Å². The molecule has 0 saturated carbocycles. The summed E-state index contributed by atoms with van der Waals surface area (Å²) in [6.07, 6.45) is 4.90. The van der Waals surface area contributed by atoms with E-state index in [1.807, 2.05) is 12.4 Å². The van der Waals surface area contributed by atoms with Gasteiger partial charge in [-0.05, 0) is 37.9 Å². The Morgan fingerprint density at radius 3 is 2.79 bits per heavy atom. The first-order valence-electron chi connectivity index (χ1n) is 5.18. The van der Waals surface area contributed by atoms with E-state index in [0.717, 1.165) is 13.1 Å². The van der Waals surface area contributed by atoms with Crippen molar-refractivity contribution >= 4 is 5.69 Å². The molecule has 0 amide bonds. The summed E-state index contributed by atoms with van der Waals surface area (Å²) in [6, 6.07) is 4.73. The molecule has 3 nitrogen and oxygen atoms in total. The molecule has 2 heterocycles. The molecule has 1 fully saturated rings. The summed E-state index contributed by atoms with van der Waals surface area (Å²) in [5.41, 5.74) is 6.96. The van der Waals surface area contributed by atoms with Crippen molar-refractivity contribution in [3.05, 3.63) is 24.5 Å². The van der Waals surface area contributed by atoms with Gasteiger partial charge in [0, 0.05) is 30.7 Å². The standard InChI is InChI=1S/C11H17N3/c1-9-6-10(7-12)8-14(9)11-2-4-13-5-3-11/h2-5,9-10H,6-8,12H2,1H3. The first-order valence-corrected chi connectivity index (χ1v) is 5.18. The number of nitrogens with two attached hydrogens (primary N) is 1. The van der Waals surface area contributed by atoms with E-state index in [9.17, 15) is 0 Å². The van der Waals surface area contributed by atoms with Gasteiger partial charge in [-0.25, -0.2) is 0 Å². The minimum absolute atomic E-state index is 0.603. The summed E-state index contributed by atoms with van der Waals surface area (Å²) < 4.78 is 0. The Morgan fingerprint density at radius 2 is 2.21 bits per heavy atom. The molecule has 76 valence electrons. The van der Waals surface area contributed by atoms with E-state index in [1.54, 1.807) is 0 Å². The van der Waals surface area contributed by atoms with Crippen molar-refractivity contribution in [1.82, 2.24) is 4.98 Å². The summed E-state index contributed by atoms with van der Waals surface area (Å²) in [6.45, 7) is 4.14. The lowest BCUT2D eigenvalue weighted by atomic mass is 10.1. The van der Waals surface area contributed by atoms with E-state index in [4.69, 9.17) is 5.73 Å². The zero-order valence-electron chi connectivity index (χ0n) is 8.56. The van der Waals surface area contributed by atoms with Gasteiger partial charge in [-0.2, -0.15) is 0 Å². The molecule has 1 saturated heterocycles. The molecule has 2 N–H and O–H groups in total. The van der Waals surface area contributed by atoms with Gasteiger partial charge in [0.05, 0.1) is 0 Å². The highest BCUT2D eigenvalue weighted by atomic mass is 15.2. The fraction of sp³-hybridized carbons (Fsp3) is 0.545. The van der Waals surface area contributed by atoms with Crippen LogP contribution >= 0.6 is 0 Å². The maximum Gasteiger partial charge on any atom is 0.0399 e. The monoisotopic (exact) mass is 191 g/mol. The summed E-state index contributed by atoms with van der Waals surface area (Å²) in [7, 11) is 0. The van der Waals surface area contributed by atoms with Crippen LogP contribution in [0.15, 0.2) is 24.5 Å². The van der Waals surface area contributed by atoms with Gasteiger partial charge in [0.25, 0.3) is 0 Å². The predicted octanol–water partition coefficient (Wildman–Crippen LogP) is 1.26. The third-order valence-corrected chi connectivity index (χ3v) is 2.99. The van der Waals surface area contributed by atoms with E-state index in [0.29, 0.717) is 12.0 Å². The molecule has 1 aliphatic heterocycles. The molecule has 0 aliphatic carbocycles. The van der Waals surface area contributed by atoms with Crippen molar-refractivity contribution in [1.29, 1.82) is 0 Å². The maximum absolute atomic E-state index is 5.70. The molecule has 2 rings (SSSR count). The SMILES string of the molecule is CC1CC(CN)CN1c1ccncc1. The lowest BCUT2D eigenvalue weighted by Gasteiger charge is -2.23. The van der Waals surface area contributed by atoms with Gasteiger partial charge in [-0.1, -0.05) is 0 Å². The van der Waals surface area contributed by atoms with E-state index in [2.05, 4.69) is 28.9 Å². The smallest absolute Gasteiger partial charge is 0.0399 e. The largest absolute Gasteiger partial charge is 0.368 e.